The molecule has 0 saturated heterocycles. The lowest BCUT2D eigenvalue weighted by Crippen LogP contribution is -2.29. The summed E-state index contributed by atoms with van der Waals surface area (Å²) in [6, 6.07) is 0.923. The summed E-state index contributed by atoms with van der Waals surface area (Å²) in [6.45, 7) is 1.92. The maximum absolute atomic E-state index is 5.45. The van der Waals surface area contributed by atoms with Gasteiger partial charge in [0.2, 0.25) is 0 Å². The van der Waals surface area contributed by atoms with Gasteiger partial charge in [-0.05, 0) is 45.2 Å². The molecule has 1 fully saturated rings. The highest BCUT2D eigenvalue weighted by Gasteiger charge is 2.23. The van der Waals surface area contributed by atoms with Crippen molar-refractivity contribution in [1.29, 1.82) is 0 Å². The first kappa shape index (κ1) is 14.3. The Labute approximate surface area is 104 Å². The molecule has 0 aromatic heterocycles. The number of hydrogen-bond donors (Lipinski definition) is 4. The molecule has 17 heavy (non-hydrogen) atoms. The van der Waals surface area contributed by atoms with Gasteiger partial charge in [-0.2, -0.15) is 0 Å². The summed E-state index contributed by atoms with van der Waals surface area (Å²) in [6.07, 6.45) is 8.26. The van der Waals surface area contributed by atoms with Crippen molar-refractivity contribution in [3.8, 4) is 0 Å². The van der Waals surface area contributed by atoms with Gasteiger partial charge < -0.3 is 22.5 Å². The molecule has 0 amide bonds. The van der Waals surface area contributed by atoms with E-state index in [9.17, 15) is 0 Å². The lowest BCUT2D eigenvalue weighted by Gasteiger charge is -2.11. The lowest BCUT2D eigenvalue weighted by molar-refractivity contribution is 0.495. The average Bonchev–Trinajstić information content (AvgIpc) is 2.70. The van der Waals surface area contributed by atoms with Crippen molar-refractivity contribution < 1.29 is 0 Å². The van der Waals surface area contributed by atoms with E-state index in [1.165, 1.54) is 25.7 Å². The molecular formula is C12H27N5. The van der Waals surface area contributed by atoms with Crippen LogP contribution in [0.2, 0.25) is 0 Å². The van der Waals surface area contributed by atoms with E-state index in [0.29, 0.717) is 12.1 Å². The molecule has 1 saturated carbocycles. The fraction of sp³-hybridized carbons (Fsp3) is 0.917. The monoisotopic (exact) mass is 241 g/mol. The molecule has 5 heteroatoms. The minimum Gasteiger partial charge on any atom is -0.370 e. The van der Waals surface area contributed by atoms with Gasteiger partial charge in [0, 0.05) is 6.04 Å². The third-order valence-corrected chi connectivity index (χ3v) is 3.30. The Morgan fingerprint density at radius 3 is 2.59 bits per heavy atom. The van der Waals surface area contributed by atoms with Gasteiger partial charge in [-0.1, -0.05) is 12.8 Å². The van der Waals surface area contributed by atoms with E-state index in [1.54, 1.807) is 0 Å². The van der Waals surface area contributed by atoms with Crippen molar-refractivity contribution in [2.75, 3.05) is 13.1 Å². The predicted octanol–water partition coefficient (Wildman–Crippen LogP) is 0.290. The largest absolute Gasteiger partial charge is 0.370 e. The highest BCUT2D eigenvalue weighted by molar-refractivity contribution is 5.75. The van der Waals surface area contributed by atoms with Crippen molar-refractivity contribution in [2.45, 2.75) is 57.0 Å². The molecule has 1 rings (SSSR count). The van der Waals surface area contributed by atoms with E-state index in [-0.39, 0.29) is 5.96 Å². The quantitative estimate of drug-likeness (QED) is 0.278. The SMILES string of the molecule is NCCCCCCN[C@H]1CC[C@H](N=C(N)N)C1. The number of aliphatic imine (C=N–C) groups is 1. The Balaban J connectivity index is 2.00. The van der Waals surface area contributed by atoms with Gasteiger partial charge in [0.25, 0.3) is 0 Å². The fourth-order valence-electron chi connectivity index (χ4n) is 2.40. The van der Waals surface area contributed by atoms with Crippen LogP contribution in [-0.4, -0.2) is 31.1 Å². The second-order valence-corrected chi connectivity index (χ2v) is 4.87. The van der Waals surface area contributed by atoms with Crippen LogP contribution in [-0.2, 0) is 0 Å². The molecule has 0 radical (unpaired) electrons. The van der Waals surface area contributed by atoms with Crippen LogP contribution in [0.15, 0.2) is 4.99 Å². The van der Waals surface area contributed by atoms with Crippen LogP contribution in [0.3, 0.4) is 0 Å². The van der Waals surface area contributed by atoms with Gasteiger partial charge in [0.05, 0.1) is 6.04 Å². The molecule has 0 aromatic rings. The number of rotatable bonds is 8. The highest BCUT2D eigenvalue weighted by Crippen LogP contribution is 2.21. The minimum atomic E-state index is 0.220. The normalized spacial score (nSPS) is 23.8. The molecule has 1 aliphatic rings. The Kier molecular flexibility index (Phi) is 6.96. The van der Waals surface area contributed by atoms with Crippen molar-refractivity contribution in [3.05, 3.63) is 0 Å². The zero-order valence-corrected chi connectivity index (χ0v) is 10.7. The fourth-order valence-corrected chi connectivity index (χ4v) is 2.40. The standard InChI is InChI=1S/C12H27N5/c13-7-3-1-2-4-8-16-10-5-6-11(9-10)17-12(14)15/h10-11,16H,1-9,13H2,(H4,14,15,17)/t10-,11-/m0/s1. The van der Waals surface area contributed by atoms with Gasteiger partial charge >= 0.3 is 0 Å². The molecule has 1 aliphatic carbocycles. The second kappa shape index (κ2) is 8.31. The number of nitrogens with two attached hydrogens (primary N) is 3. The zero-order valence-electron chi connectivity index (χ0n) is 10.7. The van der Waals surface area contributed by atoms with Crippen LogP contribution in [0, 0.1) is 0 Å². The summed E-state index contributed by atoms with van der Waals surface area (Å²) in [5.41, 5.74) is 16.2. The third-order valence-electron chi connectivity index (χ3n) is 3.30. The molecule has 0 aromatic carbocycles. The predicted molar refractivity (Wildman–Crippen MR) is 72.8 cm³/mol. The summed E-state index contributed by atoms with van der Waals surface area (Å²) in [4.78, 5) is 4.21. The molecule has 5 nitrogen and oxygen atoms in total. The average molecular weight is 241 g/mol. The maximum Gasteiger partial charge on any atom is 0.186 e. The first-order valence-electron chi connectivity index (χ1n) is 6.74. The molecule has 7 N–H and O–H groups in total. The second-order valence-electron chi connectivity index (χ2n) is 4.87. The molecule has 0 spiro atoms. The van der Waals surface area contributed by atoms with Crippen molar-refractivity contribution in [3.63, 3.8) is 0 Å². The number of guanidine groups is 1. The number of hydrogen-bond acceptors (Lipinski definition) is 3. The molecule has 0 bridgehead atoms. The smallest absolute Gasteiger partial charge is 0.186 e. The molecule has 100 valence electrons. The zero-order chi connectivity index (χ0) is 12.5. The van der Waals surface area contributed by atoms with E-state index in [4.69, 9.17) is 17.2 Å². The Hall–Kier alpha value is -0.810. The molecule has 2 atom stereocenters. The Morgan fingerprint density at radius 1 is 1.12 bits per heavy atom. The summed E-state index contributed by atoms with van der Waals surface area (Å²) < 4.78 is 0. The van der Waals surface area contributed by atoms with Crippen LogP contribution >= 0.6 is 0 Å². The topological polar surface area (TPSA) is 102 Å². The van der Waals surface area contributed by atoms with Gasteiger partial charge in [-0.25, -0.2) is 0 Å². The van der Waals surface area contributed by atoms with E-state index in [0.717, 1.165) is 32.4 Å². The summed E-state index contributed by atoms with van der Waals surface area (Å²) in [5, 5.41) is 3.58. The van der Waals surface area contributed by atoms with Gasteiger partial charge in [-0.3, -0.25) is 4.99 Å². The van der Waals surface area contributed by atoms with Crippen LogP contribution < -0.4 is 22.5 Å². The third kappa shape index (κ3) is 6.48. The van der Waals surface area contributed by atoms with Crippen LogP contribution in [0.4, 0.5) is 0 Å². The van der Waals surface area contributed by atoms with E-state index in [1.807, 2.05) is 0 Å². The number of unbranched alkanes of at least 4 members (excludes halogenated alkanes) is 3. The molecule has 0 heterocycles. The Bertz CT molecular complexity index is 225. The summed E-state index contributed by atoms with van der Waals surface area (Å²) in [7, 11) is 0. The van der Waals surface area contributed by atoms with Crippen LogP contribution in [0.1, 0.15) is 44.9 Å². The van der Waals surface area contributed by atoms with Gasteiger partial charge in [-0.15, -0.1) is 0 Å². The van der Waals surface area contributed by atoms with Crippen LogP contribution in [0.5, 0.6) is 0 Å². The minimum absolute atomic E-state index is 0.220. The van der Waals surface area contributed by atoms with Crippen molar-refractivity contribution in [2.24, 2.45) is 22.2 Å². The number of nitrogens with zero attached hydrogens (tertiary/aromatic N) is 1. The van der Waals surface area contributed by atoms with E-state index < -0.39 is 0 Å². The van der Waals surface area contributed by atoms with E-state index in [2.05, 4.69) is 10.3 Å². The first-order chi connectivity index (χ1) is 8.22. The molecule has 0 unspecified atom stereocenters. The van der Waals surface area contributed by atoms with E-state index >= 15 is 0 Å². The first-order valence-corrected chi connectivity index (χ1v) is 6.74. The molecule has 0 aliphatic heterocycles. The maximum atomic E-state index is 5.45. The summed E-state index contributed by atoms with van der Waals surface area (Å²) in [5.74, 6) is 0.220. The van der Waals surface area contributed by atoms with Gasteiger partial charge in [0.1, 0.15) is 0 Å². The highest BCUT2D eigenvalue weighted by atomic mass is 15.0. The van der Waals surface area contributed by atoms with Crippen molar-refractivity contribution in [1.82, 2.24) is 5.32 Å². The Morgan fingerprint density at radius 2 is 1.88 bits per heavy atom. The van der Waals surface area contributed by atoms with Gasteiger partial charge in [0.15, 0.2) is 5.96 Å². The van der Waals surface area contributed by atoms with Crippen molar-refractivity contribution >= 4 is 5.96 Å². The lowest BCUT2D eigenvalue weighted by atomic mass is 10.2. The molecular weight excluding hydrogens is 214 g/mol. The summed E-state index contributed by atoms with van der Waals surface area (Å²) >= 11 is 0. The van der Waals surface area contributed by atoms with Crippen LogP contribution in [0.25, 0.3) is 0 Å². The number of nitrogens with one attached hydrogen (secondary N) is 1.